The Morgan fingerprint density at radius 3 is 2.71 bits per heavy atom. The van der Waals surface area contributed by atoms with Gasteiger partial charge in [-0.05, 0) is 35.9 Å². The molecule has 0 aliphatic carbocycles. The molecule has 0 atom stereocenters. The number of nitriles is 1. The van der Waals surface area contributed by atoms with E-state index in [-0.39, 0.29) is 10.5 Å². The molecule has 0 bridgehead atoms. The minimum atomic E-state index is -1.10. The molecule has 6 heteroatoms. The average Bonchev–Trinajstić information content (AvgIpc) is 2.47. The van der Waals surface area contributed by atoms with E-state index in [1.807, 2.05) is 6.07 Å². The van der Waals surface area contributed by atoms with Gasteiger partial charge < -0.3 is 5.11 Å². The van der Waals surface area contributed by atoms with Gasteiger partial charge >= 0.3 is 5.97 Å². The highest BCUT2D eigenvalue weighted by Gasteiger charge is 2.10. The molecular formula is C15H9ClFNO2S. The van der Waals surface area contributed by atoms with Crippen LogP contribution < -0.4 is 0 Å². The van der Waals surface area contributed by atoms with Gasteiger partial charge in [0.2, 0.25) is 0 Å². The summed E-state index contributed by atoms with van der Waals surface area (Å²) in [6.07, 6.45) is 0. The molecule has 2 rings (SSSR count). The van der Waals surface area contributed by atoms with Crippen molar-refractivity contribution in [2.45, 2.75) is 10.6 Å². The van der Waals surface area contributed by atoms with Gasteiger partial charge in [-0.1, -0.05) is 17.7 Å². The molecule has 0 aromatic heterocycles. The van der Waals surface area contributed by atoms with Crippen LogP contribution in [-0.2, 0) is 5.75 Å². The standard InChI is InChI=1S/C15H9ClFNO2S/c16-12-5-9(7-18)1-2-11(12)8-21-14-6-10(15(19)20)3-4-13(14)17/h1-6H,8H2,(H,19,20). The molecule has 0 heterocycles. The van der Waals surface area contributed by atoms with Gasteiger partial charge in [-0.25, -0.2) is 9.18 Å². The summed E-state index contributed by atoms with van der Waals surface area (Å²) in [6, 6.07) is 10.5. The minimum Gasteiger partial charge on any atom is -0.478 e. The molecule has 21 heavy (non-hydrogen) atoms. The highest BCUT2D eigenvalue weighted by atomic mass is 35.5. The molecule has 1 N–H and O–H groups in total. The molecular weight excluding hydrogens is 313 g/mol. The number of halogens is 2. The Bertz CT molecular complexity index is 743. The van der Waals surface area contributed by atoms with Crippen molar-refractivity contribution >= 4 is 29.3 Å². The van der Waals surface area contributed by atoms with Gasteiger partial charge in [0.15, 0.2) is 0 Å². The van der Waals surface area contributed by atoms with Crippen LogP contribution in [0.5, 0.6) is 0 Å². The summed E-state index contributed by atoms with van der Waals surface area (Å²) in [5, 5.41) is 18.1. The molecule has 2 aromatic rings. The third kappa shape index (κ3) is 3.75. The lowest BCUT2D eigenvalue weighted by Crippen LogP contribution is -1.97. The van der Waals surface area contributed by atoms with Crippen LogP contribution in [0.2, 0.25) is 5.02 Å². The van der Waals surface area contributed by atoms with E-state index in [9.17, 15) is 9.18 Å². The van der Waals surface area contributed by atoms with Crippen molar-refractivity contribution in [2.75, 3.05) is 0 Å². The van der Waals surface area contributed by atoms with Crippen molar-refractivity contribution in [3.05, 3.63) is 63.9 Å². The van der Waals surface area contributed by atoms with E-state index in [4.69, 9.17) is 22.0 Å². The maximum Gasteiger partial charge on any atom is 0.335 e. The number of thioether (sulfide) groups is 1. The van der Waals surface area contributed by atoms with E-state index >= 15 is 0 Å². The van der Waals surface area contributed by atoms with Crippen molar-refractivity contribution in [2.24, 2.45) is 0 Å². The molecule has 0 fully saturated rings. The number of nitrogens with zero attached hydrogens (tertiary/aromatic N) is 1. The number of hydrogen-bond acceptors (Lipinski definition) is 3. The predicted molar refractivity (Wildman–Crippen MR) is 79.1 cm³/mol. The van der Waals surface area contributed by atoms with Crippen molar-refractivity contribution in [1.82, 2.24) is 0 Å². The molecule has 0 aliphatic rings. The number of carboxylic acids is 1. The van der Waals surface area contributed by atoms with Crippen LogP contribution in [0.1, 0.15) is 21.5 Å². The second-order valence-electron chi connectivity index (χ2n) is 4.16. The Labute approximate surface area is 130 Å². The molecule has 3 nitrogen and oxygen atoms in total. The van der Waals surface area contributed by atoms with Crippen molar-refractivity contribution in [1.29, 1.82) is 5.26 Å². The maximum absolute atomic E-state index is 13.7. The zero-order valence-electron chi connectivity index (χ0n) is 10.6. The van der Waals surface area contributed by atoms with Crippen molar-refractivity contribution in [3.63, 3.8) is 0 Å². The molecule has 0 spiro atoms. The smallest absolute Gasteiger partial charge is 0.335 e. The van der Waals surface area contributed by atoms with Gasteiger partial charge in [0, 0.05) is 15.7 Å². The van der Waals surface area contributed by atoms with E-state index < -0.39 is 11.8 Å². The number of rotatable bonds is 4. The average molecular weight is 322 g/mol. The van der Waals surface area contributed by atoms with E-state index in [0.29, 0.717) is 16.3 Å². The Morgan fingerprint density at radius 1 is 1.33 bits per heavy atom. The molecule has 0 unspecified atom stereocenters. The molecule has 2 aromatic carbocycles. The Morgan fingerprint density at radius 2 is 2.10 bits per heavy atom. The first-order chi connectivity index (χ1) is 10.0. The largest absolute Gasteiger partial charge is 0.478 e. The van der Waals surface area contributed by atoms with Crippen LogP contribution in [0.3, 0.4) is 0 Å². The SMILES string of the molecule is N#Cc1ccc(CSc2cc(C(=O)O)ccc2F)c(Cl)c1. The first-order valence-corrected chi connectivity index (χ1v) is 7.22. The predicted octanol–water partition coefficient (Wildman–Crippen LogP) is 4.34. The van der Waals surface area contributed by atoms with Gasteiger partial charge in [-0.15, -0.1) is 11.8 Å². The molecule has 0 saturated heterocycles. The summed E-state index contributed by atoms with van der Waals surface area (Å²) < 4.78 is 13.7. The zero-order valence-corrected chi connectivity index (χ0v) is 12.2. The first kappa shape index (κ1) is 15.4. The fourth-order valence-corrected chi connectivity index (χ4v) is 2.94. The Kier molecular flexibility index (Phi) is 4.84. The minimum absolute atomic E-state index is 0.0322. The molecule has 0 aliphatic heterocycles. The van der Waals surface area contributed by atoms with E-state index in [0.717, 1.165) is 23.4 Å². The lowest BCUT2D eigenvalue weighted by molar-refractivity contribution is 0.0696. The third-order valence-corrected chi connectivity index (χ3v) is 4.17. The van der Waals surface area contributed by atoms with Gasteiger partial charge in [-0.3, -0.25) is 0 Å². The van der Waals surface area contributed by atoms with Crippen LogP contribution in [0, 0.1) is 17.1 Å². The monoisotopic (exact) mass is 321 g/mol. The topological polar surface area (TPSA) is 61.1 Å². The quantitative estimate of drug-likeness (QED) is 0.851. The highest BCUT2D eigenvalue weighted by Crippen LogP contribution is 2.29. The molecule has 0 saturated carbocycles. The summed E-state index contributed by atoms with van der Waals surface area (Å²) in [4.78, 5) is 11.1. The van der Waals surface area contributed by atoms with E-state index in [1.54, 1.807) is 18.2 Å². The van der Waals surface area contributed by atoms with Crippen molar-refractivity contribution < 1.29 is 14.3 Å². The molecule has 0 amide bonds. The van der Waals surface area contributed by atoms with E-state index in [2.05, 4.69) is 0 Å². The second-order valence-corrected chi connectivity index (χ2v) is 5.58. The third-order valence-electron chi connectivity index (χ3n) is 2.74. The van der Waals surface area contributed by atoms with Gasteiger partial charge in [0.1, 0.15) is 5.82 Å². The maximum atomic E-state index is 13.7. The summed E-state index contributed by atoms with van der Waals surface area (Å²) in [5.74, 6) is -1.20. The Balaban J connectivity index is 2.18. The first-order valence-electron chi connectivity index (χ1n) is 5.85. The lowest BCUT2D eigenvalue weighted by atomic mass is 10.2. The number of aromatic carboxylic acids is 1. The number of carbonyl (C=O) groups is 1. The van der Waals surface area contributed by atoms with Crippen molar-refractivity contribution in [3.8, 4) is 6.07 Å². The zero-order chi connectivity index (χ0) is 15.4. The van der Waals surface area contributed by atoms with Crippen LogP contribution in [-0.4, -0.2) is 11.1 Å². The Hall–Kier alpha value is -2.03. The summed E-state index contributed by atoms with van der Waals surface area (Å²) in [6.45, 7) is 0. The van der Waals surface area contributed by atoms with Crippen LogP contribution in [0.4, 0.5) is 4.39 Å². The van der Waals surface area contributed by atoms with Crippen LogP contribution in [0.25, 0.3) is 0 Å². The summed E-state index contributed by atoms with van der Waals surface area (Å²) in [5.41, 5.74) is 1.23. The lowest BCUT2D eigenvalue weighted by Gasteiger charge is -2.06. The number of benzene rings is 2. The molecule has 0 radical (unpaired) electrons. The number of carboxylic acid groups (broad SMARTS) is 1. The summed E-state index contributed by atoms with van der Waals surface area (Å²) in [7, 11) is 0. The second kappa shape index (κ2) is 6.61. The normalized spacial score (nSPS) is 10.1. The fourth-order valence-electron chi connectivity index (χ4n) is 1.64. The van der Waals surface area contributed by atoms with Gasteiger partial charge in [0.05, 0.1) is 17.2 Å². The molecule has 106 valence electrons. The van der Waals surface area contributed by atoms with Gasteiger partial charge in [-0.2, -0.15) is 5.26 Å². The van der Waals surface area contributed by atoms with Gasteiger partial charge in [0.25, 0.3) is 0 Å². The van der Waals surface area contributed by atoms with Crippen LogP contribution >= 0.6 is 23.4 Å². The summed E-state index contributed by atoms with van der Waals surface area (Å²) >= 11 is 7.20. The van der Waals surface area contributed by atoms with E-state index in [1.165, 1.54) is 12.1 Å². The fraction of sp³-hybridized carbons (Fsp3) is 0.0667. The number of hydrogen-bond donors (Lipinski definition) is 1. The van der Waals surface area contributed by atoms with Crippen LogP contribution in [0.15, 0.2) is 41.3 Å². The highest BCUT2D eigenvalue weighted by molar-refractivity contribution is 7.98.